The lowest BCUT2D eigenvalue weighted by Gasteiger charge is -1.95. The molecular weight excluding hydrogens is 282 g/mol. The number of hydrogen-bond donors (Lipinski definition) is 1. The molecule has 0 aliphatic rings. The van der Waals surface area contributed by atoms with Gasteiger partial charge in [0.25, 0.3) is 5.89 Å². The van der Waals surface area contributed by atoms with Crippen LogP contribution in [0.5, 0.6) is 0 Å². The van der Waals surface area contributed by atoms with Crippen molar-refractivity contribution in [1.29, 1.82) is 0 Å². The van der Waals surface area contributed by atoms with E-state index in [0.717, 1.165) is 16.5 Å². The standard InChI is InChI=1S/C16H11N3OS/c17-11-5-3-4-10(8-11)15-18-16(20-19-15)13-9-21-14-7-2-1-6-12(13)14/h1-9H,17H2. The molecule has 0 radical (unpaired) electrons. The number of benzene rings is 2. The van der Waals surface area contributed by atoms with Crippen LogP contribution in [0.25, 0.3) is 32.9 Å². The van der Waals surface area contributed by atoms with E-state index < -0.39 is 0 Å². The topological polar surface area (TPSA) is 64.9 Å². The Morgan fingerprint density at radius 1 is 1.05 bits per heavy atom. The molecule has 2 aromatic heterocycles. The summed E-state index contributed by atoms with van der Waals surface area (Å²) in [5.41, 5.74) is 8.29. The van der Waals surface area contributed by atoms with Gasteiger partial charge in [0.1, 0.15) is 0 Å². The zero-order chi connectivity index (χ0) is 14.2. The van der Waals surface area contributed by atoms with Crippen molar-refractivity contribution in [2.24, 2.45) is 0 Å². The van der Waals surface area contributed by atoms with E-state index in [-0.39, 0.29) is 0 Å². The predicted molar refractivity (Wildman–Crippen MR) is 85.0 cm³/mol. The molecular formula is C16H11N3OS. The summed E-state index contributed by atoms with van der Waals surface area (Å²) in [7, 11) is 0. The van der Waals surface area contributed by atoms with Gasteiger partial charge in [0.05, 0.1) is 5.56 Å². The summed E-state index contributed by atoms with van der Waals surface area (Å²) >= 11 is 1.67. The molecule has 0 spiro atoms. The summed E-state index contributed by atoms with van der Waals surface area (Å²) in [4.78, 5) is 4.49. The van der Waals surface area contributed by atoms with Crippen LogP contribution in [-0.4, -0.2) is 10.1 Å². The average molecular weight is 293 g/mol. The van der Waals surface area contributed by atoms with Gasteiger partial charge in [-0.3, -0.25) is 0 Å². The highest BCUT2D eigenvalue weighted by molar-refractivity contribution is 7.17. The lowest BCUT2D eigenvalue weighted by Crippen LogP contribution is -1.86. The summed E-state index contributed by atoms with van der Waals surface area (Å²) < 4.78 is 6.62. The van der Waals surface area contributed by atoms with Crippen molar-refractivity contribution in [2.45, 2.75) is 0 Å². The van der Waals surface area contributed by atoms with E-state index in [1.54, 1.807) is 11.3 Å². The number of hydrogen-bond acceptors (Lipinski definition) is 5. The highest BCUT2D eigenvalue weighted by atomic mass is 32.1. The van der Waals surface area contributed by atoms with Gasteiger partial charge in [-0.2, -0.15) is 4.98 Å². The molecule has 21 heavy (non-hydrogen) atoms. The second kappa shape index (κ2) is 4.71. The van der Waals surface area contributed by atoms with Gasteiger partial charge >= 0.3 is 0 Å². The summed E-state index contributed by atoms with van der Waals surface area (Å²) in [6.45, 7) is 0. The van der Waals surface area contributed by atoms with Crippen LogP contribution >= 0.6 is 11.3 Å². The van der Waals surface area contributed by atoms with Crippen LogP contribution < -0.4 is 5.73 Å². The molecule has 0 bridgehead atoms. The quantitative estimate of drug-likeness (QED) is 0.562. The fourth-order valence-electron chi connectivity index (χ4n) is 2.27. The molecule has 2 N–H and O–H groups in total. The number of thiophene rings is 1. The first-order valence-corrected chi connectivity index (χ1v) is 7.35. The smallest absolute Gasteiger partial charge is 0.259 e. The SMILES string of the molecule is Nc1cccc(-c2noc(-c3csc4ccccc34)n2)c1. The molecule has 0 fully saturated rings. The van der Waals surface area contributed by atoms with E-state index in [1.165, 1.54) is 4.70 Å². The molecule has 102 valence electrons. The number of nitrogens with two attached hydrogens (primary N) is 1. The normalized spacial score (nSPS) is 11.0. The van der Waals surface area contributed by atoms with Gasteiger partial charge in [-0.1, -0.05) is 35.5 Å². The van der Waals surface area contributed by atoms with E-state index in [1.807, 2.05) is 41.8 Å². The average Bonchev–Trinajstić information content (AvgIpc) is 3.14. The highest BCUT2D eigenvalue weighted by Crippen LogP contribution is 2.33. The molecule has 2 aromatic carbocycles. The molecule has 0 saturated heterocycles. The number of aromatic nitrogens is 2. The van der Waals surface area contributed by atoms with Crippen molar-refractivity contribution >= 4 is 27.1 Å². The van der Waals surface area contributed by atoms with Gasteiger partial charge < -0.3 is 10.3 Å². The molecule has 4 aromatic rings. The Bertz CT molecular complexity index is 926. The summed E-state index contributed by atoms with van der Waals surface area (Å²) in [6, 6.07) is 15.6. The van der Waals surface area contributed by atoms with Gasteiger partial charge in [0.15, 0.2) is 0 Å². The van der Waals surface area contributed by atoms with E-state index in [2.05, 4.69) is 22.3 Å². The highest BCUT2D eigenvalue weighted by Gasteiger charge is 2.14. The predicted octanol–water partition coefficient (Wildman–Crippen LogP) is 4.20. The summed E-state index contributed by atoms with van der Waals surface area (Å²) in [5.74, 6) is 1.08. The van der Waals surface area contributed by atoms with Crippen LogP contribution in [0.15, 0.2) is 58.4 Å². The molecule has 5 heteroatoms. The van der Waals surface area contributed by atoms with E-state index in [9.17, 15) is 0 Å². The Hall–Kier alpha value is -2.66. The Balaban J connectivity index is 1.81. The van der Waals surface area contributed by atoms with Crippen LogP contribution in [0.3, 0.4) is 0 Å². The summed E-state index contributed by atoms with van der Waals surface area (Å²) in [5, 5.41) is 7.23. The van der Waals surface area contributed by atoms with E-state index in [4.69, 9.17) is 10.3 Å². The monoisotopic (exact) mass is 293 g/mol. The van der Waals surface area contributed by atoms with E-state index in [0.29, 0.717) is 17.4 Å². The molecule has 0 saturated carbocycles. The van der Waals surface area contributed by atoms with Crippen molar-refractivity contribution < 1.29 is 4.52 Å². The molecule has 4 rings (SSSR count). The second-order valence-electron chi connectivity index (χ2n) is 4.69. The minimum absolute atomic E-state index is 0.532. The van der Waals surface area contributed by atoms with Crippen molar-refractivity contribution in [1.82, 2.24) is 10.1 Å². The maximum Gasteiger partial charge on any atom is 0.259 e. The third-order valence-electron chi connectivity index (χ3n) is 3.28. The third kappa shape index (κ3) is 2.08. The maximum atomic E-state index is 5.79. The molecule has 4 nitrogen and oxygen atoms in total. The fraction of sp³-hybridized carbons (Fsp3) is 0. The van der Waals surface area contributed by atoms with Crippen molar-refractivity contribution in [3.05, 3.63) is 53.9 Å². The van der Waals surface area contributed by atoms with Crippen molar-refractivity contribution in [3.8, 4) is 22.8 Å². The summed E-state index contributed by atoms with van der Waals surface area (Å²) in [6.07, 6.45) is 0. The Morgan fingerprint density at radius 2 is 1.95 bits per heavy atom. The number of fused-ring (bicyclic) bond motifs is 1. The van der Waals surface area contributed by atoms with Gasteiger partial charge in [-0.15, -0.1) is 11.3 Å². The third-order valence-corrected chi connectivity index (χ3v) is 4.25. The molecule has 0 atom stereocenters. The second-order valence-corrected chi connectivity index (χ2v) is 5.61. The molecule has 0 unspecified atom stereocenters. The number of nitrogen functional groups attached to an aromatic ring is 1. The minimum atomic E-state index is 0.532. The Kier molecular flexibility index (Phi) is 2.72. The van der Waals surface area contributed by atoms with Crippen LogP contribution in [0, 0.1) is 0 Å². The Labute approximate surface area is 124 Å². The van der Waals surface area contributed by atoms with Crippen LogP contribution in [0.4, 0.5) is 5.69 Å². The zero-order valence-electron chi connectivity index (χ0n) is 11.0. The first-order chi connectivity index (χ1) is 10.3. The lowest BCUT2D eigenvalue weighted by atomic mass is 10.2. The zero-order valence-corrected chi connectivity index (χ0v) is 11.8. The van der Waals surface area contributed by atoms with Crippen LogP contribution in [0.1, 0.15) is 0 Å². The Morgan fingerprint density at radius 3 is 2.86 bits per heavy atom. The lowest BCUT2D eigenvalue weighted by molar-refractivity contribution is 0.433. The van der Waals surface area contributed by atoms with Gasteiger partial charge in [-0.25, -0.2) is 0 Å². The van der Waals surface area contributed by atoms with Gasteiger partial charge in [0, 0.05) is 26.7 Å². The molecule has 0 aliphatic heterocycles. The molecule has 2 heterocycles. The van der Waals surface area contributed by atoms with Gasteiger partial charge in [-0.05, 0) is 18.2 Å². The van der Waals surface area contributed by atoms with Crippen molar-refractivity contribution in [2.75, 3.05) is 5.73 Å². The number of nitrogens with zero attached hydrogens (tertiary/aromatic N) is 2. The molecule has 0 amide bonds. The van der Waals surface area contributed by atoms with Crippen molar-refractivity contribution in [3.63, 3.8) is 0 Å². The largest absolute Gasteiger partial charge is 0.399 e. The maximum absolute atomic E-state index is 5.79. The van der Waals surface area contributed by atoms with Gasteiger partial charge in [0.2, 0.25) is 5.82 Å². The first-order valence-electron chi connectivity index (χ1n) is 6.47. The van der Waals surface area contributed by atoms with Crippen LogP contribution in [0.2, 0.25) is 0 Å². The van der Waals surface area contributed by atoms with Crippen LogP contribution in [-0.2, 0) is 0 Å². The molecule has 0 aliphatic carbocycles. The number of anilines is 1. The number of rotatable bonds is 2. The van der Waals surface area contributed by atoms with E-state index >= 15 is 0 Å². The first kappa shape index (κ1) is 12.1. The minimum Gasteiger partial charge on any atom is -0.399 e. The fourth-order valence-corrected chi connectivity index (χ4v) is 3.21.